The summed E-state index contributed by atoms with van der Waals surface area (Å²) in [6.45, 7) is 0. The molecule has 1 atom stereocenters. The molecular weight excluding hydrogens is 202 g/mol. The molecule has 0 bridgehead atoms. The van der Waals surface area contributed by atoms with Gasteiger partial charge in [0, 0.05) is 6.04 Å². The zero-order chi connectivity index (χ0) is 11.5. The van der Waals surface area contributed by atoms with Gasteiger partial charge in [-0.3, -0.25) is 0 Å². The van der Waals surface area contributed by atoms with Gasteiger partial charge in [0.25, 0.3) is 0 Å². The van der Waals surface area contributed by atoms with E-state index in [0.717, 1.165) is 29.9 Å². The third-order valence-electron chi connectivity index (χ3n) is 2.91. The van der Waals surface area contributed by atoms with E-state index in [-0.39, 0.29) is 6.04 Å². The molecule has 0 fully saturated rings. The van der Waals surface area contributed by atoms with Crippen LogP contribution in [0.1, 0.15) is 18.4 Å². The first-order chi connectivity index (χ1) is 7.76. The van der Waals surface area contributed by atoms with Gasteiger partial charge >= 0.3 is 0 Å². The standard InChI is InChI=1S/C13H17NO2/c1-15-11-4-3-5-12(16-2)13(11)9-6-7-10(14)8-9/h3-5,8,10H,6-7,14H2,1-2H3. The van der Waals surface area contributed by atoms with Gasteiger partial charge in [-0.05, 0) is 30.5 Å². The van der Waals surface area contributed by atoms with Gasteiger partial charge in [0.05, 0.1) is 19.8 Å². The van der Waals surface area contributed by atoms with E-state index in [1.165, 1.54) is 5.57 Å². The normalized spacial score (nSPS) is 19.4. The lowest BCUT2D eigenvalue weighted by atomic mass is 10.0. The van der Waals surface area contributed by atoms with E-state index in [1.54, 1.807) is 14.2 Å². The van der Waals surface area contributed by atoms with E-state index in [0.29, 0.717) is 0 Å². The Labute approximate surface area is 95.9 Å². The molecule has 1 aliphatic carbocycles. The monoisotopic (exact) mass is 219 g/mol. The summed E-state index contributed by atoms with van der Waals surface area (Å²) in [7, 11) is 3.35. The first-order valence-electron chi connectivity index (χ1n) is 5.44. The van der Waals surface area contributed by atoms with Crippen LogP contribution in [0, 0.1) is 0 Å². The molecule has 0 heterocycles. The average Bonchev–Trinajstić information content (AvgIpc) is 2.74. The van der Waals surface area contributed by atoms with Gasteiger partial charge in [0.1, 0.15) is 11.5 Å². The Bertz CT molecular complexity index is 390. The van der Waals surface area contributed by atoms with Gasteiger partial charge in [0.15, 0.2) is 0 Å². The molecule has 0 aliphatic heterocycles. The topological polar surface area (TPSA) is 44.5 Å². The molecule has 3 heteroatoms. The van der Waals surface area contributed by atoms with Crippen molar-refractivity contribution in [2.24, 2.45) is 5.73 Å². The van der Waals surface area contributed by atoms with Crippen molar-refractivity contribution in [3.8, 4) is 11.5 Å². The van der Waals surface area contributed by atoms with Crippen LogP contribution in [0.5, 0.6) is 11.5 Å². The maximum absolute atomic E-state index is 5.89. The predicted molar refractivity (Wildman–Crippen MR) is 64.7 cm³/mol. The Hall–Kier alpha value is -1.48. The smallest absolute Gasteiger partial charge is 0.130 e. The van der Waals surface area contributed by atoms with Crippen LogP contribution in [0.4, 0.5) is 0 Å². The van der Waals surface area contributed by atoms with Crippen molar-refractivity contribution >= 4 is 5.57 Å². The van der Waals surface area contributed by atoms with Gasteiger partial charge in [-0.2, -0.15) is 0 Å². The van der Waals surface area contributed by atoms with E-state index in [1.807, 2.05) is 18.2 Å². The van der Waals surface area contributed by atoms with Crippen molar-refractivity contribution in [3.63, 3.8) is 0 Å². The summed E-state index contributed by atoms with van der Waals surface area (Å²) in [5.41, 5.74) is 8.15. The quantitative estimate of drug-likeness (QED) is 0.847. The Balaban J connectivity index is 2.48. The third-order valence-corrected chi connectivity index (χ3v) is 2.91. The second-order valence-electron chi connectivity index (χ2n) is 3.93. The van der Waals surface area contributed by atoms with Crippen LogP contribution in [-0.4, -0.2) is 20.3 Å². The van der Waals surface area contributed by atoms with Crippen LogP contribution in [0.15, 0.2) is 24.3 Å². The number of methoxy groups -OCH3 is 2. The molecule has 1 aromatic carbocycles. The molecule has 0 spiro atoms. The maximum atomic E-state index is 5.89. The van der Waals surface area contributed by atoms with E-state index in [4.69, 9.17) is 15.2 Å². The van der Waals surface area contributed by atoms with Crippen molar-refractivity contribution < 1.29 is 9.47 Å². The Morgan fingerprint density at radius 3 is 2.25 bits per heavy atom. The minimum Gasteiger partial charge on any atom is -0.496 e. The fourth-order valence-corrected chi connectivity index (χ4v) is 2.12. The molecule has 86 valence electrons. The minimum absolute atomic E-state index is 0.157. The van der Waals surface area contributed by atoms with Crippen molar-refractivity contribution in [1.82, 2.24) is 0 Å². The summed E-state index contributed by atoms with van der Waals surface area (Å²) < 4.78 is 10.7. The number of benzene rings is 1. The van der Waals surface area contributed by atoms with E-state index in [2.05, 4.69) is 6.08 Å². The molecule has 1 unspecified atom stereocenters. The Kier molecular flexibility index (Phi) is 3.15. The lowest BCUT2D eigenvalue weighted by Gasteiger charge is -2.13. The fourth-order valence-electron chi connectivity index (χ4n) is 2.12. The van der Waals surface area contributed by atoms with Gasteiger partial charge in [-0.25, -0.2) is 0 Å². The van der Waals surface area contributed by atoms with Crippen LogP contribution in [0.3, 0.4) is 0 Å². The zero-order valence-electron chi connectivity index (χ0n) is 9.69. The summed E-state index contributed by atoms with van der Waals surface area (Å²) in [5.74, 6) is 1.69. The van der Waals surface area contributed by atoms with E-state index in [9.17, 15) is 0 Å². The number of nitrogens with two attached hydrogens (primary N) is 1. The lowest BCUT2D eigenvalue weighted by Crippen LogP contribution is -2.11. The summed E-state index contributed by atoms with van der Waals surface area (Å²) in [4.78, 5) is 0. The Morgan fingerprint density at radius 2 is 1.81 bits per heavy atom. The Morgan fingerprint density at radius 1 is 1.19 bits per heavy atom. The molecule has 0 aromatic heterocycles. The van der Waals surface area contributed by atoms with E-state index >= 15 is 0 Å². The average molecular weight is 219 g/mol. The van der Waals surface area contributed by atoms with Crippen LogP contribution in [-0.2, 0) is 0 Å². The minimum atomic E-state index is 0.157. The van der Waals surface area contributed by atoms with Gasteiger partial charge in [0.2, 0.25) is 0 Å². The van der Waals surface area contributed by atoms with Crippen LogP contribution < -0.4 is 15.2 Å². The second kappa shape index (κ2) is 4.58. The largest absolute Gasteiger partial charge is 0.496 e. The molecule has 0 radical (unpaired) electrons. The SMILES string of the molecule is COc1cccc(OC)c1C1=CC(N)CC1. The van der Waals surface area contributed by atoms with Crippen molar-refractivity contribution in [3.05, 3.63) is 29.8 Å². The summed E-state index contributed by atoms with van der Waals surface area (Å²) in [6.07, 6.45) is 4.08. The first kappa shape index (κ1) is 11.0. The molecule has 2 N–H and O–H groups in total. The van der Waals surface area contributed by atoms with E-state index < -0.39 is 0 Å². The molecule has 0 saturated carbocycles. The third kappa shape index (κ3) is 1.91. The van der Waals surface area contributed by atoms with Crippen LogP contribution in [0.25, 0.3) is 5.57 Å². The molecule has 0 amide bonds. The van der Waals surface area contributed by atoms with Gasteiger partial charge in [-0.1, -0.05) is 12.1 Å². The van der Waals surface area contributed by atoms with Crippen LogP contribution >= 0.6 is 0 Å². The van der Waals surface area contributed by atoms with Crippen molar-refractivity contribution in [2.45, 2.75) is 18.9 Å². The summed E-state index contributed by atoms with van der Waals surface area (Å²) in [6, 6.07) is 5.98. The maximum Gasteiger partial charge on any atom is 0.130 e. The molecule has 16 heavy (non-hydrogen) atoms. The molecule has 2 rings (SSSR count). The highest BCUT2D eigenvalue weighted by Gasteiger charge is 2.19. The highest BCUT2D eigenvalue weighted by Crippen LogP contribution is 2.39. The second-order valence-corrected chi connectivity index (χ2v) is 3.93. The molecule has 0 saturated heterocycles. The number of rotatable bonds is 3. The van der Waals surface area contributed by atoms with Gasteiger partial charge < -0.3 is 15.2 Å². The van der Waals surface area contributed by atoms with Crippen LogP contribution in [0.2, 0.25) is 0 Å². The highest BCUT2D eigenvalue weighted by atomic mass is 16.5. The number of ether oxygens (including phenoxy) is 2. The molecule has 1 aliphatic rings. The number of hydrogen-bond donors (Lipinski definition) is 1. The highest BCUT2D eigenvalue weighted by molar-refractivity contribution is 5.77. The number of allylic oxidation sites excluding steroid dienone is 1. The first-order valence-corrected chi connectivity index (χ1v) is 5.44. The predicted octanol–water partition coefficient (Wildman–Crippen LogP) is 2.21. The fraction of sp³-hybridized carbons (Fsp3) is 0.385. The summed E-state index contributed by atoms with van der Waals surface area (Å²) in [5, 5.41) is 0. The lowest BCUT2D eigenvalue weighted by molar-refractivity contribution is 0.392. The molecular formula is C13H17NO2. The summed E-state index contributed by atoms with van der Waals surface area (Å²) >= 11 is 0. The molecule has 1 aromatic rings. The van der Waals surface area contributed by atoms with Crippen molar-refractivity contribution in [1.29, 1.82) is 0 Å². The van der Waals surface area contributed by atoms with Gasteiger partial charge in [-0.15, -0.1) is 0 Å². The number of hydrogen-bond acceptors (Lipinski definition) is 3. The zero-order valence-corrected chi connectivity index (χ0v) is 9.69. The van der Waals surface area contributed by atoms with Crippen molar-refractivity contribution in [2.75, 3.05) is 14.2 Å². The molecule has 3 nitrogen and oxygen atoms in total.